The van der Waals surface area contributed by atoms with E-state index in [2.05, 4.69) is 10.6 Å². The Labute approximate surface area is 104 Å². The summed E-state index contributed by atoms with van der Waals surface area (Å²) in [6, 6.07) is 0. The molecule has 2 unspecified atom stereocenters. The third-order valence-electron chi connectivity index (χ3n) is 3.34. The molecule has 0 spiro atoms. The first-order valence-electron chi connectivity index (χ1n) is 6.87. The minimum Gasteiger partial charge on any atom is -0.391 e. The number of nitrogens with one attached hydrogen (secondary N) is 2. The largest absolute Gasteiger partial charge is 0.391 e. The zero-order valence-corrected chi connectivity index (χ0v) is 10.9. The highest BCUT2D eigenvalue weighted by molar-refractivity contribution is 5.75. The summed E-state index contributed by atoms with van der Waals surface area (Å²) in [4.78, 5) is 11.6. The van der Waals surface area contributed by atoms with Crippen LogP contribution >= 0.6 is 0 Å². The first-order valence-corrected chi connectivity index (χ1v) is 6.87. The van der Waals surface area contributed by atoms with E-state index >= 15 is 0 Å². The monoisotopic (exact) mass is 242 g/mol. The molecule has 0 radical (unpaired) electrons. The molecule has 17 heavy (non-hydrogen) atoms. The zero-order valence-electron chi connectivity index (χ0n) is 10.9. The van der Waals surface area contributed by atoms with Crippen molar-refractivity contribution in [3.05, 3.63) is 0 Å². The third kappa shape index (κ3) is 6.64. The van der Waals surface area contributed by atoms with Gasteiger partial charge in [-0.2, -0.15) is 0 Å². The number of hydrogen-bond acceptors (Lipinski definition) is 3. The Hall–Kier alpha value is -0.610. The van der Waals surface area contributed by atoms with Crippen LogP contribution in [0.5, 0.6) is 0 Å². The second kappa shape index (κ2) is 8.48. The average Bonchev–Trinajstić information content (AvgIpc) is 2.35. The molecule has 0 aromatic carbocycles. The Bertz CT molecular complexity index is 215. The van der Waals surface area contributed by atoms with Gasteiger partial charge in [-0.15, -0.1) is 0 Å². The summed E-state index contributed by atoms with van der Waals surface area (Å²) >= 11 is 0. The lowest BCUT2D eigenvalue weighted by molar-refractivity contribution is -0.121. The summed E-state index contributed by atoms with van der Waals surface area (Å²) in [7, 11) is 0. The number of piperidine rings is 1. The van der Waals surface area contributed by atoms with Crippen LogP contribution in [0.4, 0.5) is 0 Å². The number of hydrogen-bond donors (Lipinski definition) is 3. The standard InChI is InChI=1S/C13H26N2O2/c1-2-4-12(16)10-15-13(17)7-6-11-5-3-8-14-9-11/h11-12,14,16H,2-10H2,1H3,(H,15,17). The molecule has 0 saturated carbocycles. The Balaban J connectivity index is 2.04. The van der Waals surface area contributed by atoms with Crippen molar-refractivity contribution >= 4 is 5.91 Å². The Morgan fingerprint density at radius 2 is 2.41 bits per heavy atom. The van der Waals surface area contributed by atoms with Gasteiger partial charge in [0.25, 0.3) is 0 Å². The molecule has 0 aromatic rings. The van der Waals surface area contributed by atoms with Crippen LogP contribution in [0.3, 0.4) is 0 Å². The second-order valence-corrected chi connectivity index (χ2v) is 5.00. The van der Waals surface area contributed by atoms with E-state index in [0.717, 1.165) is 32.4 Å². The molecule has 1 amide bonds. The fraction of sp³-hybridized carbons (Fsp3) is 0.923. The van der Waals surface area contributed by atoms with Gasteiger partial charge in [-0.3, -0.25) is 4.79 Å². The maximum Gasteiger partial charge on any atom is 0.220 e. The fourth-order valence-corrected chi connectivity index (χ4v) is 2.26. The molecule has 3 N–H and O–H groups in total. The molecule has 0 aliphatic carbocycles. The molecule has 1 fully saturated rings. The topological polar surface area (TPSA) is 61.4 Å². The van der Waals surface area contributed by atoms with Crippen molar-refractivity contribution in [3.8, 4) is 0 Å². The van der Waals surface area contributed by atoms with Crippen molar-refractivity contribution < 1.29 is 9.90 Å². The number of carbonyl (C=O) groups is 1. The fourth-order valence-electron chi connectivity index (χ4n) is 2.26. The normalized spacial score (nSPS) is 22.1. The van der Waals surface area contributed by atoms with Gasteiger partial charge in [-0.1, -0.05) is 13.3 Å². The molecule has 1 rings (SSSR count). The lowest BCUT2D eigenvalue weighted by atomic mass is 9.94. The van der Waals surface area contributed by atoms with Crippen molar-refractivity contribution in [1.82, 2.24) is 10.6 Å². The summed E-state index contributed by atoms with van der Waals surface area (Å²) in [5.41, 5.74) is 0. The van der Waals surface area contributed by atoms with Gasteiger partial charge in [0.2, 0.25) is 5.91 Å². The minimum absolute atomic E-state index is 0.0747. The lowest BCUT2D eigenvalue weighted by Gasteiger charge is -2.22. The van der Waals surface area contributed by atoms with Crippen molar-refractivity contribution in [2.24, 2.45) is 5.92 Å². The van der Waals surface area contributed by atoms with Gasteiger partial charge in [0.15, 0.2) is 0 Å². The van der Waals surface area contributed by atoms with Crippen LogP contribution in [0, 0.1) is 5.92 Å². The number of amides is 1. The molecule has 2 atom stereocenters. The van der Waals surface area contributed by atoms with E-state index < -0.39 is 0 Å². The van der Waals surface area contributed by atoms with E-state index in [1.54, 1.807) is 0 Å². The highest BCUT2D eigenvalue weighted by atomic mass is 16.3. The number of rotatable bonds is 7. The van der Waals surface area contributed by atoms with Gasteiger partial charge in [-0.05, 0) is 44.7 Å². The highest BCUT2D eigenvalue weighted by Crippen LogP contribution is 2.15. The molecular weight excluding hydrogens is 216 g/mol. The molecular formula is C13H26N2O2. The molecule has 4 nitrogen and oxygen atoms in total. The van der Waals surface area contributed by atoms with E-state index in [4.69, 9.17) is 0 Å². The van der Waals surface area contributed by atoms with Gasteiger partial charge in [0.1, 0.15) is 0 Å². The smallest absolute Gasteiger partial charge is 0.220 e. The van der Waals surface area contributed by atoms with Gasteiger partial charge in [-0.25, -0.2) is 0 Å². The van der Waals surface area contributed by atoms with Crippen molar-refractivity contribution in [1.29, 1.82) is 0 Å². The minimum atomic E-state index is -0.389. The van der Waals surface area contributed by atoms with Crippen LogP contribution < -0.4 is 10.6 Å². The third-order valence-corrected chi connectivity index (χ3v) is 3.34. The predicted molar refractivity (Wildman–Crippen MR) is 68.8 cm³/mol. The van der Waals surface area contributed by atoms with Crippen LogP contribution in [0.1, 0.15) is 45.4 Å². The maximum absolute atomic E-state index is 11.6. The summed E-state index contributed by atoms with van der Waals surface area (Å²) < 4.78 is 0. The van der Waals surface area contributed by atoms with Gasteiger partial charge >= 0.3 is 0 Å². The van der Waals surface area contributed by atoms with Crippen LogP contribution in [0.15, 0.2) is 0 Å². The SMILES string of the molecule is CCCC(O)CNC(=O)CCC1CCCNC1. The molecule has 1 heterocycles. The first kappa shape index (κ1) is 14.5. The van der Waals surface area contributed by atoms with Gasteiger partial charge in [0.05, 0.1) is 6.10 Å². The summed E-state index contributed by atoms with van der Waals surface area (Å²) in [6.45, 7) is 4.59. The molecule has 0 bridgehead atoms. The predicted octanol–water partition coefficient (Wildman–Crippen LogP) is 1.04. The molecule has 1 aliphatic rings. The van der Waals surface area contributed by atoms with E-state index in [9.17, 15) is 9.90 Å². The second-order valence-electron chi connectivity index (χ2n) is 5.00. The first-order chi connectivity index (χ1) is 8.22. The quantitative estimate of drug-likeness (QED) is 0.625. The summed E-state index contributed by atoms with van der Waals surface area (Å²) in [6.07, 6.45) is 5.33. The van der Waals surface area contributed by atoms with Crippen LogP contribution in [-0.4, -0.2) is 36.8 Å². The van der Waals surface area contributed by atoms with Crippen LogP contribution in [0.2, 0.25) is 0 Å². The van der Waals surface area contributed by atoms with E-state index in [1.165, 1.54) is 12.8 Å². The average molecular weight is 242 g/mol. The van der Waals surface area contributed by atoms with Gasteiger partial charge < -0.3 is 15.7 Å². The van der Waals surface area contributed by atoms with Gasteiger partial charge in [0, 0.05) is 13.0 Å². The van der Waals surface area contributed by atoms with E-state index in [1.807, 2.05) is 6.92 Å². The Morgan fingerprint density at radius 1 is 1.59 bits per heavy atom. The number of carbonyl (C=O) groups excluding carboxylic acids is 1. The summed E-state index contributed by atoms with van der Waals surface area (Å²) in [5, 5.41) is 15.6. The molecule has 4 heteroatoms. The van der Waals surface area contributed by atoms with E-state index in [-0.39, 0.29) is 12.0 Å². The van der Waals surface area contributed by atoms with E-state index in [0.29, 0.717) is 18.9 Å². The van der Waals surface area contributed by atoms with Crippen molar-refractivity contribution in [2.75, 3.05) is 19.6 Å². The molecule has 1 aliphatic heterocycles. The maximum atomic E-state index is 11.6. The van der Waals surface area contributed by atoms with Crippen molar-refractivity contribution in [2.45, 2.75) is 51.6 Å². The zero-order chi connectivity index (χ0) is 12.5. The Morgan fingerprint density at radius 3 is 3.06 bits per heavy atom. The highest BCUT2D eigenvalue weighted by Gasteiger charge is 2.14. The number of aliphatic hydroxyl groups excluding tert-OH is 1. The van der Waals surface area contributed by atoms with Crippen molar-refractivity contribution in [3.63, 3.8) is 0 Å². The van der Waals surface area contributed by atoms with Crippen LogP contribution in [0.25, 0.3) is 0 Å². The molecule has 0 aromatic heterocycles. The summed E-state index contributed by atoms with van der Waals surface area (Å²) in [5.74, 6) is 0.723. The lowest BCUT2D eigenvalue weighted by Crippen LogP contribution is -2.34. The van der Waals surface area contributed by atoms with Crippen LogP contribution in [-0.2, 0) is 4.79 Å². The molecule has 100 valence electrons. The Kier molecular flexibility index (Phi) is 7.21. The molecule has 1 saturated heterocycles. The number of aliphatic hydroxyl groups is 1.